The number of ether oxygens (including phenoxy) is 3. The molecule has 7 heteroatoms. The number of hydrogen-bond acceptors (Lipinski definition) is 5. The first-order valence-electron chi connectivity index (χ1n) is 23.3. The Labute approximate surface area is 332 Å². The number of nitrogens with zero attached hydrogens (tertiary/aromatic N) is 2. The van der Waals surface area contributed by atoms with E-state index in [0.29, 0.717) is 52.7 Å². The van der Waals surface area contributed by atoms with E-state index in [1.54, 1.807) is 0 Å². The van der Waals surface area contributed by atoms with Crippen LogP contribution in [0.1, 0.15) is 194 Å². The van der Waals surface area contributed by atoms with E-state index in [4.69, 9.17) is 14.2 Å². The lowest BCUT2D eigenvalue weighted by Crippen LogP contribution is -2.47. The molecule has 0 rings (SSSR count). The van der Waals surface area contributed by atoms with Gasteiger partial charge in [0.25, 0.3) is 0 Å². The van der Waals surface area contributed by atoms with Crippen LogP contribution in [0.5, 0.6) is 0 Å². The summed E-state index contributed by atoms with van der Waals surface area (Å²) in [4.78, 5) is 0. The Morgan fingerprint density at radius 2 is 0.566 bits per heavy atom. The van der Waals surface area contributed by atoms with Gasteiger partial charge in [-0.15, -0.1) is 0 Å². The van der Waals surface area contributed by atoms with Crippen molar-refractivity contribution in [1.29, 1.82) is 0 Å². The van der Waals surface area contributed by atoms with Crippen LogP contribution in [-0.2, 0) is 14.2 Å². The number of likely N-dealkylation sites (N-methyl/N-ethyl adjacent to an activating group) is 2. The quantitative estimate of drug-likeness (QED) is 0.0478. The van der Waals surface area contributed by atoms with Gasteiger partial charge in [-0.3, -0.25) is 0 Å². The fraction of sp³-hybridized carbons (Fsp3) is 1.00. The highest BCUT2D eigenvalue weighted by atomic mass is 16.5. The third-order valence-electron chi connectivity index (χ3n) is 11.0. The molecule has 0 saturated carbocycles. The maximum atomic E-state index is 10.5. The Bertz CT molecular complexity index is 664. The van der Waals surface area contributed by atoms with Crippen molar-refractivity contribution >= 4 is 0 Å². The third-order valence-corrected chi connectivity index (χ3v) is 11.0. The van der Waals surface area contributed by atoms with Crippen LogP contribution in [0.25, 0.3) is 0 Å². The summed E-state index contributed by atoms with van der Waals surface area (Å²) in [6.45, 7) is 10.8. The van der Waals surface area contributed by atoms with Crippen molar-refractivity contribution in [2.75, 3.05) is 94.0 Å². The van der Waals surface area contributed by atoms with Crippen molar-refractivity contribution in [2.45, 2.75) is 206 Å². The van der Waals surface area contributed by atoms with Gasteiger partial charge in [0, 0.05) is 0 Å². The van der Waals surface area contributed by atoms with Gasteiger partial charge in [0.2, 0.25) is 0 Å². The minimum Gasteiger partial charge on any atom is -0.385 e. The van der Waals surface area contributed by atoms with Crippen molar-refractivity contribution in [1.82, 2.24) is 0 Å². The lowest BCUT2D eigenvalue weighted by Gasteiger charge is -2.32. The van der Waals surface area contributed by atoms with E-state index in [1.807, 2.05) is 0 Å². The second kappa shape index (κ2) is 38.6. The highest BCUT2D eigenvalue weighted by Crippen LogP contribution is 2.15. The molecule has 0 aromatic heterocycles. The number of quaternary nitrogens is 2. The molecule has 53 heavy (non-hydrogen) atoms. The molecule has 0 aromatic rings. The standard InChI is InChI=1S/C46H98N2O5/c1-7-9-11-13-15-17-19-21-23-25-27-29-31-33-35-47(3,4)41-45(49)43-52-39-37-51-38-40-53-44-46(50)42-48(5,6)36-34-32-30-28-26-24-22-20-18-16-14-12-10-8-2/h45-46,49-50H,7-44H2,1-6H3/q+2. The third kappa shape index (κ3) is 41.2. The van der Waals surface area contributed by atoms with Gasteiger partial charge in [-0.25, -0.2) is 0 Å². The van der Waals surface area contributed by atoms with Gasteiger partial charge in [0.05, 0.1) is 80.9 Å². The van der Waals surface area contributed by atoms with Gasteiger partial charge in [-0.05, 0) is 25.7 Å². The number of hydrogen-bond donors (Lipinski definition) is 2. The Morgan fingerprint density at radius 1 is 0.340 bits per heavy atom. The molecular formula is C46H98N2O5+2. The van der Waals surface area contributed by atoms with Crippen LogP contribution in [0.4, 0.5) is 0 Å². The van der Waals surface area contributed by atoms with Gasteiger partial charge < -0.3 is 33.4 Å². The summed E-state index contributed by atoms with van der Waals surface area (Å²) in [7, 11) is 8.86. The molecule has 2 unspecified atom stereocenters. The number of unbranched alkanes of at least 4 members (excludes halogenated alkanes) is 26. The molecule has 2 atom stereocenters. The minimum atomic E-state index is -0.460. The van der Waals surface area contributed by atoms with Gasteiger partial charge in [-0.1, -0.05) is 168 Å². The molecule has 0 aliphatic rings. The molecule has 320 valence electrons. The van der Waals surface area contributed by atoms with Crippen LogP contribution in [0.15, 0.2) is 0 Å². The zero-order chi connectivity index (χ0) is 39.1. The predicted molar refractivity (Wildman–Crippen MR) is 229 cm³/mol. The number of aliphatic hydroxyl groups excluding tert-OH is 2. The smallest absolute Gasteiger partial charge is 0.126 e. The van der Waals surface area contributed by atoms with E-state index in [9.17, 15) is 10.2 Å². The van der Waals surface area contributed by atoms with E-state index < -0.39 is 12.2 Å². The summed E-state index contributed by atoms with van der Waals surface area (Å²) >= 11 is 0. The SMILES string of the molecule is CCCCCCCCCCCCCCCC[N+](C)(C)CC(O)COCCOCCOCC(O)C[N+](C)(C)CCCCCCCCCCCCCCCC. The van der Waals surface area contributed by atoms with Crippen molar-refractivity contribution in [3.63, 3.8) is 0 Å². The molecular weight excluding hydrogens is 661 g/mol. The number of rotatable bonds is 44. The Balaban J connectivity index is 3.58. The molecule has 7 nitrogen and oxygen atoms in total. The Morgan fingerprint density at radius 3 is 0.830 bits per heavy atom. The van der Waals surface area contributed by atoms with Crippen molar-refractivity contribution < 1.29 is 33.4 Å². The molecule has 2 N–H and O–H groups in total. The summed E-state index contributed by atoms with van der Waals surface area (Å²) in [6.07, 6.45) is 37.8. The second-order valence-electron chi connectivity index (χ2n) is 17.9. The number of aliphatic hydroxyl groups is 2. The molecule has 0 fully saturated rings. The lowest BCUT2D eigenvalue weighted by molar-refractivity contribution is -0.893. The average molecular weight is 759 g/mol. The summed E-state index contributed by atoms with van der Waals surface area (Å²) in [5, 5.41) is 21.0. The molecule has 0 spiro atoms. The maximum absolute atomic E-state index is 10.5. The fourth-order valence-electron chi connectivity index (χ4n) is 7.67. The normalized spacial score (nSPS) is 13.6. The summed E-state index contributed by atoms with van der Waals surface area (Å²) in [5.41, 5.74) is 0. The molecule has 0 heterocycles. The van der Waals surface area contributed by atoms with E-state index in [1.165, 1.54) is 180 Å². The maximum Gasteiger partial charge on any atom is 0.126 e. The molecule has 0 radical (unpaired) electrons. The molecule has 0 saturated heterocycles. The van der Waals surface area contributed by atoms with Crippen LogP contribution < -0.4 is 0 Å². The topological polar surface area (TPSA) is 68.2 Å². The summed E-state index contributed by atoms with van der Waals surface area (Å²) < 4.78 is 18.7. The lowest BCUT2D eigenvalue weighted by atomic mass is 10.0. The highest BCUT2D eigenvalue weighted by Gasteiger charge is 2.21. The minimum absolute atomic E-state index is 0.347. The monoisotopic (exact) mass is 759 g/mol. The predicted octanol–water partition coefficient (Wildman–Crippen LogP) is 10.9. The first kappa shape index (κ1) is 52.7. The molecule has 0 aromatic carbocycles. The van der Waals surface area contributed by atoms with E-state index in [0.717, 1.165) is 22.1 Å². The zero-order valence-corrected chi connectivity index (χ0v) is 37.0. The van der Waals surface area contributed by atoms with Crippen LogP contribution in [0.2, 0.25) is 0 Å². The largest absolute Gasteiger partial charge is 0.385 e. The zero-order valence-electron chi connectivity index (χ0n) is 37.0. The van der Waals surface area contributed by atoms with Crippen molar-refractivity contribution in [3.8, 4) is 0 Å². The van der Waals surface area contributed by atoms with E-state index >= 15 is 0 Å². The summed E-state index contributed by atoms with van der Waals surface area (Å²) in [5.74, 6) is 0. The van der Waals surface area contributed by atoms with Crippen molar-refractivity contribution in [3.05, 3.63) is 0 Å². The molecule has 0 bridgehead atoms. The Kier molecular flexibility index (Phi) is 38.4. The summed E-state index contributed by atoms with van der Waals surface area (Å²) in [6, 6.07) is 0. The molecule has 0 amide bonds. The Hall–Kier alpha value is -0.280. The van der Waals surface area contributed by atoms with Crippen LogP contribution in [-0.4, -0.2) is 125 Å². The van der Waals surface area contributed by atoms with E-state index in [-0.39, 0.29) is 0 Å². The van der Waals surface area contributed by atoms with Crippen LogP contribution in [0, 0.1) is 0 Å². The first-order chi connectivity index (χ1) is 25.6. The van der Waals surface area contributed by atoms with Gasteiger partial charge in [0.15, 0.2) is 0 Å². The van der Waals surface area contributed by atoms with Crippen LogP contribution >= 0.6 is 0 Å². The highest BCUT2D eigenvalue weighted by molar-refractivity contribution is 4.56. The fourth-order valence-corrected chi connectivity index (χ4v) is 7.67. The van der Waals surface area contributed by atoms with Gasteiger partial charge in [0.1, 0.15) is 25.3 Å². The second-order valence-corrected chi connectivity index (χ2v) is 17.9. The van der Waals surface area contributed by atoms with Gasteiger partial charge in [-0.2, -0.15) is 0 Å². The molecule has 0 aliphatic carbocycles. The average Bonchev–Trinajstić information content (AvgIpc) is 3.10. The van der Waals surface area contributed by atoms with E-state index in [2.05, 4.69) is 42.0 Å². The van der Waals surface area contributed by atoms with Gasteiger partial charge >= 0.3 is 0 Å². The van der Waals surface area contributed by atoms with Crippen molar-refractivity contribution in [2.24, 2.45) is 0 Å². The first-order valence-corrected chi connectivity index (χ1v) is 23.3. The molecule has 0 aliphatic heterocycles. The van der Waals surface area contributed by atoms with Crippen LogP contribution in [0.3, 0.4) is 0 Å².